The lowest BCUT2D eigenvalue weighted by atomic mass is 9.82. The first kappa shape index (κ1) is 26.4. The average molecular weight is 486 g/mol. The average Bonchev–Trinajstić information content (AvgIpc) is 3.31. The Bertz CT molecular complexity index is 761. The zero-order chi connectivity index (χ0) is 22.2. The van der Waals surface area contributed by atoms with Gasteiger partial charge >= 0.3 is 5.97 Å². The Hall–Kier alpha value is -1.83. The lowest BCUT2D eigenvalue weighted by molar-refractivity contribution is -0.143. The molecule has 2 aliphatic rings. The van der Waals surface area contributed by atoms with Gasteiger partial charge in [0.1, 0.15) is 0 Å². The van der Waals surface area contributed by atoms with Gasteiger partial charge in [0, 0.05) is 30.5 Å². The molecule has 1 saturated heterocycles. The quantitative estimate of drug-likeness (QED) is 0.429. The SMILES string of the molecule is Cl.O=C(CC(CNC(=O)C1CCCN1)c1ccc(Cl)cc1)NCC1CCC(C(=O)O)CC1. The molecular weight excluding hydrogens is 453 g/mol. The van der Waals surface area contributed by atoms with E-state index in [1.807, 2.05) is 12.1 Å². The molecule has 178 valence electrons. The molecule has 1 saturated carbocycles. The molecule has 2 atom stereocenters. The summed E-state index contributed by atoms with van der Waals surface area (Å²) in [5.41, 5.74) is 0.959. The molecule has 4 N–H and O–H groups in total. The van der Waals surface area contributed by atoms with E-state index in [9.17, 15) is 14.4 Å². The monoisotopic (exact) mass is 485 g/mol. The predicted molar refractivity (Wildman–Crippen MR) is 126 cm³/mol. The van der Waals surface area contributed by atoms with Gasteiger partial charge in [-0.2, -0.15) is 0 Å². The van der Waals surface area contributed by atoms with Crippen LogP contribution in [-0.4, -0.2) is 48.6 Å². The van der Waals surface area contributed by atoms with E-state index < -0.39 is 5.97 Å². The minimum absolute atomic E-state index is 0. The number of carboxylic acids is 1. The van der Waals surface area contributed by atoms with Crippen molar-refractivity contribution in [1.82, 2.24) is 16.0 Å². The Morgan fingerprint density at radius 1 is 1.06 bits per heavy atom. The van der Waals surface area contributed by atoms with Crippen LogP contribution in [0.1, 0.15) is 56.4 Å². The third-order valence-electron chi connectivity index (χ3n) is 6.46. The Morgan fingerprint density at radius 2 is 1.75 bits per heavy atom. The number of hydrogen-bond acceptors (Lipinski definition) is 4. The minimum atomic E-state index is -0.719. The van der Waals surface area contributed by atoms with Crippen molar-refractivity contribution >= 4 is 41.8 Å². The first-order valence-corrected chi connectivity index (χ1v) is 11.6. The van der Waals surface area contributed by atoms with E-state index in [1.54, 1.807) is 12.1 Å². The number of carboxylic acid groups (broad SMARTS) is 1. The molecule has 2 fully saturated rings. The number of amides is 2. The zero-order valence-corrected chi connectivity index (χ0v) is 19.7. The van der Waals surface area contributed by atoms with Crippen LogP contribution in [0.2, 0.25) is 5.02 Å². The fourth-order valence-corrected chi connectivity index (χ4v) is 4.59. The van der Waals surface area contributed by atoms with E-state index in [4.69, 9.17) is 16.7 Å². The molecule has 1 aliphatic carbocycles. The predicted octanol–water partition coefficient (Wildman–Crippen LogP) is 3.11. The maximum absolute atomic E-state index is 12.7. The fraction of sp³-hybridized carbons (Fsp3) is 0.609. The molecule has 2 unspecified atom stereocenters. The summed E-state index contributed by atoms with van der Waals surface area (Å²) < 4.78 is 0. The van der Waals surface area contributed by atoms with Crippen LogP contribution in [0.4, 0.5) is 0 Å². The van der Waals surface area contributed by atoms with E-state index in [0.717, 1.165) is 37.8 Å². The Balaban J connectivity index is 0.00000363. The van der Waals surface area contributed by atoms with Crippen LogP contribution in [-0.2, 0) is 14.4 Å². The number of hydrogen-bond donors (Lipinski definition) is 4. The number of carbonyl (C=O) groups is 3. The Morgan fingerprint density at radius 3 is 2.34 bits per heavy atom. The zero-order valence-electron chi connectivity index (χ0n) is 18.1. The van der Waals surface area contributed by atoms with Crippen LogP contribution in [0, 0.1) is 11.8 Å². The highest BCUT2D eigenvalue weighted by molar-refractivity contribution is 6.30. The number of rotatable bonds is 9. The Labute approximate surface area is 200 Å². The molecule has 32 heavy (non-hydrogen) atoms. The molecule has 2 amide bonds. The lowest BCUT2D eigenvalue weighted by Crippen LogP contribution is -2.42. The Kier molecular flexibility index (Phi) is 10.7. The van der Waals surface area contributed by atoms with E-state index >= 15 is 0 Å². The van der Waals surface area contributed by atoms with Gasteiger partial charge in [0.05, 0.1) is 12.0 Å². The van der Waals surface area contributed by atoms with Gasteiger partial charge in [0.15, 0.2) is 0 Å². The second kappa shape index (κ2) is 13.0. The summed E-state index contributed by atoms with van der Waals surface area (Å²) in [5, 5.41) is 18.9. The number of aliphatic carboxylic acids is 1. The molecule has 7 nitrogen and oxygen atoms in total. The molecule has 3 rings (SSSR count). The number of nitrogens with one attached hydrogen (secondary N) is 3. The molecule has 0 spiro atoms. The molecular formula is C23H33Cl2N3O4. The van der Waals surface area contributed by atoms with Crippen LogP contribution in [0.3, 0.4) is 0 Å². The normalized spacial score (nSPS) is 23.6. The molecule has 0 bridgehead atoms. The summed E-state index contributed by atoms with van der Waals surface area (Å²) >= 11 is 6.01. The summed E-state index contributed by atoms with van der Waals surface area (Å²) in [6, 6.07) is 7.23. The largest absolute Gasteiger partial charge is 0.481 e. The van der Waals surface area contributed by atoms with E-state index in [2.05, 4.69) is 16.0 Å². The summed E-state index contributed by atoms with van der Waals surface area (Å²) in [6.45, 7) is 1.81. The van der Waals surface area contributed by atoms with Gasteiger partial charge in [-0.1, -0.05) is 23.7 Å². The second-order valence-electron chi connectivity index (χ2n) is 8.71. The maximum atomic E-state index is 12.7. The van der Waals surface area contributed by atoms with Crippen LogP contribution in [0.15, 0.2) is 24.3 Å². The van der Waals surface area contributed by atoms with Gasteiger partial charge in [0.25, 0.3) is 0 Å². The smallest absolute Gasteiger partial charge is 0.306 e. The van der Waals surface area contributed by atoms with Crippen molar-refractivity contribution in [2.45, 2.75) is 56.9 Å². The number of carbonyl (C=O) groups excluding carboxylic acids is 2. The van der Waals surface area contributed by atoms with Gasteiger partial charge in [-0.25, -0.2) is 0 Å². The molecule has 1 aromatic carbocycles. The summed E-state index contributed by atoms with van der Waals surface area (Å²) in [4.78, 5) is 36.1. The molecule has 1 aromatic rings. The molecule has 1 heterocycles. The van der Waals surface area contributed by atoms with Crippen molar-refractivity contribution in [2.75, 3.05) is 19.6 Å². The van der Waals surface area contributed by atoms with Crippen molar-refractivity contribution in [2.24, 2.45) is 11.8 Å². The van der Waals surface area contributed by atoms with E-state index in [0.29, 0.717) is 36.9 Å². The second-order valence-corrected chi connectivity index (χ2v) is 9.14. The van der Waals surface area contributed by atoms with Crippen LogP contribution < -0.4 is 16.0 Å². The third-order valence-corrected chi connectivity index (χ3v) is 6.71. The molecule has 1 aliphatic heterocycles. The van der Waals surface area contributed by atoms with Crippen LogP contribution in [0.5, 0.6) is 0 Å². The fourth-order valence-electron chi connectivity index (χ4n) is 4.47. The van der Waals surface area contributed by atoms with Crippen LogP contribution >= 0.6 is 24.0 Å². The summed E-state index contributed by atoms with van der Waals surface area (Å²) in [6.07, 6.45) is 5.08. The first-order chi connectivity index (χ1) is 14.9. The van der Waals surface area contributed by atoms with Crippen molar-refractivity contribution in [3.05, 3.63) is 34.9 Å². The van der Waals surface area contributed by atoms with Crippen molar-refractivity contribution in [3.8, 4) is 0 Å². The molecule has 9 heteroatoms. The highest BCUT2D eigenvalue weighted by atomic mass is 35.5. The first-order valence-electron chi connectivity index (χ1n) is 11.2. The van der Waals surface area contributed by atoms with E-state index in [-0.39, 0.29) is 48.5 Å². The van der Waals surface area contributed by atoms with Gasteiger partial charge in [-0.05, 0) is 68.7 Å². The lowest BCUT2D eigenvalue weighted by Gasteiger charge is -2.26. The third kappa shape index (κ3) is 7.94. The highest BCUT2D eigenvalue weighted by Crippen LogP contribution is 2.28. The van der Waals surface area contributed by atoms with Gasteiger partial charge in [-0.3, -0.25) is 14.4 Å². The standard InChI is InChI=1S/C23H32ClN3O4.ClH/c24-19-9-7-16(8-10-19)18(14-27-22(29)20-2-1-11-25-20)12-21(28)26-13-15-3-5-17(6-4-15)23(30)31;/h7-10,15,17-18,20,25H,1-6,11-14H2,(H,26,28)(H,27,29)(H,30,31);1H. The van der Waals surface area contributed by atoms with Gasteiger partial charge < -0.3 is 21.1 Å². The number of benzene rings is 1. The minimum Gasteiger partial charge on any atom is -0.481 e. The van der Waals surface area contributed by atoms with Crippen molar-refractivity contribution < 1.29 is 19.5 Å². The van der Waals surface area contributed by atoms with Crippen molar-refractivity contribution in [3.63, 3.8) is 0 Å². The summed E-state index contributed by atoms with van der Waals surface area (Å²) in [5.74, 6) is -0.880. The topological polar surface area (TPSA) is 108 Å². The summed E-state index contributed by atoms with van der Waals surface area (Å²) in [7, 11) is 0. The van der Waals surface area contributed by atoms with Crippen LogP contribution in [0.25, 0.3) is 0 Å². The maximum Gasteiger partial charge on any atom is 0.306 e. The highest BCUT2D eigenvalue weighted by Gasteiger charge is 2.27. The van der Waals surface area contributed by atoms with Gasteiger partial charge in [0.2, 0.25) is 11.8 Å². The van der Waals surface area contributed by atoms with Crippen molar-refractivity contribution in [1.29, 1.82) is 0 Å². The van der Waals surface area contributed by atoms with E-state index in [1.165, 1.54) is 0 Å². The molecule has 0 radical (unpaired) electrons. The number of halogens is 2. The van der Waals surface area contributed by atoms with Gasteiger partial charge in [-0.15, -0.1) is 12.4 Å². The molecule has 0 aromatic heterocycles.